The van der Waals surface area contributed by atoms with Gasteiger partial charge < -0.3 is 14.8 Å². The Labute approximate surface area is 142 Å². The van der Waals surface area contributed by atoms with Crippen LogP contribution < -0.4 is 14.8 Å². The number of carbonyl (C=O) groups excluding carboxylic acids is 1. The van der Waals surface area contributed by atoms with E-state index in [1.807, 2.05) is 49.4 Å². The van der Waals surface area contributed by atoms with Crippen LogP contribution in [0.5, 0.6) is 11.5 Å². The maximum Gasteiger partial charge on any atom is 0.248 e. The molecule has 0 bridgehead atoms. The average Bonchev–Trinajstić information content (AvgIpc) is 2.59. The van der Waals surface area contributed by atoms with Gasteiger partial charge in [-0.05, 0) is 36.8 Å². The molecule has 2 rings (SSSR count). The van der Waals surface area contributed by atoms with Crippen molar-refractivity contribution in [3.05, 3.63) is 72.3 Å². The van der Waals surface area contributed by atoms with Gasteiger partial charge in [-0.15, -0.1) is 0 Å². The Hall–Kier alpha value is -3.01. The number of amides is 1. The first kappa shape index (κ1) is 17.3. The van der Waals surface area contributed by atoms with Gasteiger partial charge in [0.2, 0.25) is 5.91 Å². The minimum absolute atomic E-state index is 0.243. The molecule has 0 radical (unpaired) electrons. The summed E-state index contributed by atoms with van der Waals surface area (Å²) in [5.74, 6) is 1.08. The summed E-state index contributed by atoms with van der Waals surface area (Å²) in [6, 6.07) is 14.8. The van der Waals surface area contributed by atoms with E-state index in [-0.39, 0.29) is 5.91 Å². The highest BCUT2D eigenvalue weighted by Gasteiger charge is 2.06. The first-order valence-electron chi connectivity index (χ1n) is 7.58. The van der Waals surface area contributed by atoms with Gasteiger partial charge in [0.25, 0.3) is 0 Å². The Morgan fingerprint density at radius 3 is 2.50 bits per heavy atom. The normalized spacial score (nSPS) is 10.4. The topological polar surface area (TPSA) is 47.6 Å². The molecule has 0 fully saturated rings. The van der Waals surface area contributed by atoms with Gasteiger partial charge in [0.15, 0.2) is 0 Å². The van der Waals surface area contributed by atoms with Gasteiger partial charge in [-0.3, -0.25) is 4.79 Å². The second-order valence-electron chi connectivity index (χ2n) is 5.31. The van der Waals surface area contributed by atoms with Crippen LogP contribution in [-0.2, 0) is 4.79 Å². The molecule has 124 valence electrons. The summed E-state index contributed by atoms with van der Waals surface area (Å²) in [4.78, 5) is 12.2. The standard InChI is InChI=1S/C20H21NO3/c1-15(2)14-24-19-11-7-5-9-17(19)21-20(22)13-12-16-8-4-6-10-18(16)23-3/h4-13H,1,14H2,2-3H3,(H,21,22)/b13-12+. The highest BCUT2D eigenvalue weighted by atomic mass is 16.5. The molecule has 0 aromatic heterocycles. The number of benzene rings is 2. The summed E-state index contributed by atoms with van der Waals surface area (Å²) in [7, 11) is 1.60. The van der Waals surface area contributed by atoms with E-state index in [4.69, 9.17) is 9.47 Å². The smallest absolute Gasteiger partial charge is 0.248 e. The third kappa shape index (κ3) is 5.02. The number of anilines is 1. The van der Waals surface area contributed by atoms with Crippen LogP contribution in [0.3, 0.4) is 0 Å². The molecule has 0 aliphatic carbocycles. The predicted molar refractivity (Wildman–Crippen MR) is 97.4 cm³/mol. The predicted octanol–water partition coefficient (Wildman–Crippen LogP) is 4.30. The first-order valence-corrected chi connectivity index (χ1v) is 7.58. The summed E-state index contributed by atoms with van der Waals surface area (Å²) in [6.45, 7) is 6.10. The van der Waals surface area contributed by atoms with E-state index in [0.717, 1.165) is 11.1 Å². The summed E-state index contributed by atoms with van der Waals surface area (Å²) >= 11 is 0. The van der Waals surface area contributed by atoms with Crippen molar-refractivity contribution in [2.45, 2.75) is 6.92 Å². The van der Waals surface area contributed by atoms with E-state index in [1.165, 1.54) is 6.08 Å². The Kier molecular flexibility index (Phi) is 6.20. The number of para-hydroxylation sites is 3. The summed E-state index contributed by atoms with van der Waals surface area (Å²) < 4.78 is 10.9. The van der Waals surface area contributed by atoms with Crippen LogP contribution in [0.15, 0.2) is 66.8 Å². The SMILES string of the molecule is C=C(C)COc1ccccc1NC(=O)/C=C/c1ccccc1OC. The maximum absolute atomic E-state index is 12.2. The van der Waals surface area contributed by atoms with Crippen LogP contribution in [0.4, 0.5) is 5.69 Å². The van der Waals surface area contributed by atoms with Crippen LogP contribution >= 0.6 is 0 Å². The molecule has 0 saturated carbocycles. The van der Waals surface area contributed by atoms with Crippen molar-refractivity contribution in [1.82, 2.24) is 0 Å². The summed E-state index contributed by atoms with van der Waals surface area (Å²) in [5.41, 5.74) is 2.36. The van der Waals surface area contributed by atoms with Crippen LogP contribution in [0, 0.1) is 0 Å². The Balaban J connectivity index is 2.07. The molecule has 0 spiro atoms. The fourth-order valence-corrected chi connectivity index (χ4v) is 2.04. The van der Waals surface area contributed by atoms with E-state index in [2.05, 4.69) is 11.9 Å². The molecule has 0 aliphatic rings. The van der Waals surface area contributed by atoms with E-state index in [9.17, 15) is 4.79 Å². The lowest BCUT2D eigenvalue weighted by atomic mass is 10.2. The second-order valence-corrected chi connectivity index (χ2v) is 5.31. The van der Waals surface area contributed by atoms with Gasteiger partial charge in [-0.2, -0.15) is 0 Å². The van der Waals surface area contributed by atoms with Gasteiger partial charge in [0.05, 0.1) is 12.8 Å². The fourth-order valence-electron chi connectivity index (χ4n) is 2.04. The summed E-state index contributed by atoms with van der Waals surface area (Å²) in [5, 5.41) is 2.82. The lowest BCUT2D eigenvalue weighted by Crippen LogP contribution is -2.10. The minimum atomic E-state index is -0.243. The third-order valence-electron chi connectivity index (χ3n) is 3.17. The van der Waals surface area contributed by atoms with Crippen molar-refractivity contribution in [1.29, 1.82) is 0 Å². The van der Waals surface area contributed by atoms with Crippen LogP contribution in [-0.4, -0.2) is 19.6 Å². The molecule has 0 heterocycles. The minimum Gasteiger partial charge on any atom is -0.496 e. The molecule has 2 aromatic rings. The number of hydrogen-bond acceptors (Lipinski definition) is 3. The molecule has 4 heteroatoms. The highest BCUT2D eigenvalue weighted by Crippen LogP contribution is 2.24. The lowest BCUT2D eigenvalue weighted by Gasteiger charge is -2.11. The number of carbonyl (C=O) groups is 1. The van der Waals surface area contributed by atoms with E-state index >= 15 is 0 Å². The first-order chi connectivity index (χ1) is 11.6. The Bertz CT molecular complexity index is 750. The van der Waals surface area contributed by atoms with E-state index in [1.54, 1.807) is 19.3 Å². The average molecular weight is 323 g/mol. The molecule has 1 N–H and O–H groups in total. The second kappa shape index (κ2) is 8.58. The van der Waals surface area contributed by atoms with Crippen molar-refractivity contribution in [3.63, 3.8) is 0 Å². The van der Waals surface area contributed by atoms with Gasteiger partial charge >= 0.3 is 0 Å². The molecule has 0 atom stereocenters. The van der Waals surface area contributed by atoms with Gasteiger partial charge in [0.1, 0.15) is 18.1 Å². The Morgan fingerprint density at radius 1 is 1.12 bits per heavy atom. The zero-order valence-electron chi connectivity index (χ0n) is 13.9. The highest BCUT2D eigenvalue weighted by molar-refractivity contribution is 6.02. The van der Waals surface area contributed by atoms with Crippen molar-refractivity contribution in [2.24, 2.45) is 0 Å². The third-order valence-corrected chi connectivity index (χ3v) is 3.17. The molecular formula is C20H21NO3. The van der Waals surface area contributed by atoms with Crippen LogP contribution in [0.2, 0.25) is 0 Å². The van der Waals surface area contributed by atoms with Crippen molar-refractivity contribution < 1.29 is 14.3 Å². The zero-order chi connectivity index (χ0) is 17.4. The van der Waals surface area contributed by atoms with Crippen molar-refractivity contribution in [3.8, 4) is 11.5 Å². The molecule has 0 aliphatic heterocycles. The van der Waals surface area contributed by atoms with Crippen LogP contribution in [0.25, 0.3) is 6.08 Å². The molecule has 2 aromatic carbocycles. The molecule has 4 nitrogen and oxygen atoms in total. The summed E-state index contributed by atoms with van der Waals surface area (Å²) in [6.07, 6.45) is 3.18. The van der Waals surface area contributed by atoms with Gasteiger partial charge in [-0.25, -0.2) is 0 Å². The monoisotopic (exact) mass is 323 g/mol. The molecule has 1 amide bonds. The number of methoxy groups -OCH3 is 1. The molecular weight excluding hydrogens is 302 g/mol. The zero-order valence-corrected chi connectivity index (χ0v) is 13.9. The van der Waals surface area contributed by atoms with Gasteiger partial charge in [-0.1, -0.05) is 36.9 Å². The van der Waals surface area contributed by atoms with Crippen LogP contribution in [0.1, 0.15) is 12.5 Å². The van der Waals surface area contributed by atoms with E-state index in [0.29, 0.717) is 23.8 Å². The number of hydrogen-bond donors (Lipinski definition) is 1. The lowest BCUT2D eigenvalue weighted by molar-refractivity contribution is -0.111. The number of rotatable bonds is 7. The molecule has 0 saturated heterocycles. The molecule has 0 unspecified atom stereocenters. The molecule has 24 heavy (non-hydrogen) atoms. The number of ether oxygens (including phenoxy) is 2. The van der Waals surface area contributed by atoms with Gasteiger partial charge in [0, 0.05) is 11.6 Å². The largest absolute Gasteiger partial charge is 0.496 e. The fraction of sp³-hybridized carbons (Fsp3) is 0.150. The van der Waals surface area contributed by atoms with Crippen molar-refractivity contribution in [2.75, 3.05) is 19.0 Å². The Morgan fingerprint density at radius 2 is 1.79 bits per heavy atom. The quantitative estimate of drug-likeness (QED) is 0.610. The van der Waals surface area contributed by atoms with Crippen molar-refractivity contribution >= 4 is 17.7 Å². The maximum atomic E-state index is 12.2. The number of nitrogens with one attached hydrogen (secondary N) is 1. The van der Waals surface area contributed by atoms with E-state index < -0.39 is 0 Å².